The fraction of sp³-hybridized carbons (Fsp3) is 0.133. The fourth-order valence-corrected chi connectivity index (χ4v) is 2.11. The number of aromatic nitrogens is 2. The van der Waals surface area contributed by atoms with Crippen LogP contribution in [0.5, 0.6) is 0 Å². The van der Waals surface area contributed by atoms with Gasteiger partial charge in [0.25, 0.3) is 0 Å². The number of benzene rings is 2. The molecule has 0 spiro atoms. The summed E-state index contributed by atoms with van der Waals surface area (Å²) >= 11 is 0. The van der Waals surface area contributed by atoms with Crippen LogP contribution in [0.2, 0.25) is 0 Å². The van der Waals surface area contributed by atoms with Crippen LogP contribution in [0.1, 0.15) is 5.56 Å². The van der Waals surface area contributed by atoms with Gasteiger partial charge >= 0.3 is 0 Å². The minimum absolute atomic E-state index is 0.852. The Kier molecular flexibility index (Phi) is 2.73. The number of hydrogen-bond donors (Lipinski definition) is 1. The molecule has 1 aromatic heterocycles. The molecule has 0 radical (unpaired) electrons. The normalized spacial score (nSPS) is 10.7. The van der Waals surface area contributed by atoms with Crippen molar-refractivity contribution in [3.05, 3.63) is 60.4 Å². The Bertz CT molecular complexity index is 653. The van der Waals surface area contributed by atoms with Gasteiger partial charge in [-0.25, -0.2) is 4.98 Å². The third-order valence-corrected chi connectivity index (χ3v) is 3.12. The summed E-state index contributed by atoms with van der Waals surface area (Å²) in [5, 5.41) is 3.12. The molecule has 0 aliphatic rings. The van der Waals surface area contributed by atoms with Crippen molar-refractivity contribution in [3.8, 4) is 0 Å². The van der Waals surface area contributed by atoms with Crippen molar-refractivity contribution >= 4 is 16.7 Å². The van der Waals surface area contributed by atoms with Crippen molar-refractivity contribution < 1.29 is 0 Å². The van der Waals surface area contributed by atoms with Crippen LogP contribution < -0.4 is 5.32 Å². The van der Waals surface area contributed by atoms with Crippen LogP contribution in [0.4, 0.5) is 5.69 Å². The van der Waals surface area contributed by atoms with Gasteiger partial charge < -0.3 is 9.88 Å². The first-order valence-corrected chi connectivity index (χ1v) is 6.03. The topological polar surface area (TPSA) is 29.9 Å². The molecule has 0 amide bonds. The molecule has 3 aromatic rings. The molecule has 3 nitrogen and oxygen atoms in total. The molecule has 0 aliphatic carbocycles. The molecule has 0 fully saturated rings. The monoisotopic (exact) mass is 237 g/mol. The quantitative estimate of drug-likeness (QED) is 0.758. The molecule has 0 bridgehead atoms. The van der Waals surface area contributed by atoms with Gasteiger partial charge in [0.1, 0.15) is 0 Å². The smallest absolute Gasteiger partial charge is 0.0961 e. The zero-order valence-corrected chi connectivity index (χ0v) is 10.3. The molecule has 0 aliphatic heterocycles. The molecule has 90 valence electrons. The first-order chi connectivity index (χ1) is 8.86. The van der Waals surface area contributed by atoms with E-state index < -0.39 is 0 Å². The van der Waals surface area contributed by atoms with Gasteiger partial charge in [-0.05, 0) is 29.8 Å². The van der Waals surface area contributed by atoms with Crippen LogP contribution in [0.25, 0.3) is 11.0 Å². The predicted molar refractivity (Wildman–Crippen MR) is 74.8 cm³/mol. The number of para-hydroxylation sites is 2. The number of anilines is 1. The Labute approximate surface area is 106 Å². The molecular formula is C15H15N3. The molecule has 0 unspecified atom stereocenters. The number of rotatable bonds is 3. The average Bonchev–Trinajstić information content (AvgIpc) is 2.83. The molecule has 0 saturated carbocycles. The van der Waals surface area contributed by atoms with Gasteiger partial charge in [0.15, 0.2) is 0 Å². The van der Waals surface area contributed by atoms with E-state index in [9.17, 15) is 0 Å². The van der Waals surface area contributed by atoms with E-state index >= 15 is 0 Å². The molecular weight excluding hydrogens is 222 g/mol. The van der Waals surface area contributed by atoms with E-state index in [2.05, 4.69) is 45.2 Å². The van der Waals surface area contributed by atoms with E-state index in [1.54, 1.807) is 0 Å². The van der Waals surface area contributed by atoms with Gasteiger partial charge in [-0.1, -0.05) is 24.3 Å². The van der Waals surface area contributed by atoms with Crippen LogP contribution >= 0.6 is 0 Å². The summed E-state index contributed by atoms with van der Waals surface area (Å²) < 4.78 is 2.17. The second kappa shape index (κ2) is 4.53. The third-order valence-electron chi connectivity index (χ3n) is 3.12. The molecule has 3 heteroatoms. The Morgan fingerprint density at radius 2 is 1.83 bits per heavy atom. The first kappa shape index (κ1) is 10.8. The van der Waals surface area contributed by atoms with E-state index in [4.69, 9.17) is 0 Å². The minimum Gasteiger partial charge on any atom is -0.388 e. The van der Waals surface area contributed by atoms with E-state index in [-0.39, 0.29) is 0 Å². The molecule has 2 aromatic carbocycles. The summed E-state index contributed by atoms with van der Waals surface area (Å²) in [6.45, 7) is 0.852. The van der Waals surface area contributed by atoms with Crippen molar-refractivity contribution in [2.75, 3.05) is 12.4 Å². The Balaban J connectivity index is 1.91. The van der Waals surface area contributed by atoms with Crippen LogP contribution in [0.15, 0.2) is 54.9 Å². The highest BCUT2D eigenvalue weighted by atomic mass is 15.0. The summed E-state index contributed by atoms with van der Waals surface area (Å²) in [6.07, 6.45) is 1.90. The van der Waals surface area contributed by atoms with Crippen LogP contribution in [0, 0.1) is 0 Å². The van der Waals surface area contributed by atoms with Crippen molar-refractivity contribution in [2.24, 2.45) is 0 Å². The first-order valence-electron chi connectivity index (χ1n) is 6.03. The fourth-order valence-electron chi connectivity index (χ4n) is 2.11. The molecule has 0 saturated heterocycles. The third kappa shape index (κ3) is 1.95. The second-order valence-electron chi connectivity index (χ2n) is 4.31. The molecule has 18 heavy (non-hydrogen) atoms. The molecule has 1 heterocycles. The zero-order chi connectivity index (χ0) is 12.4. The van der Waals surface area contributed by atoms with Crippen LogP contribution in [-0.4, -0.2) is 16.6 Å². The highest BCUT2D eigenvalue weighted by molar-refractivity contribution is 5.75. The maximum Gasteiger partial charge on any atom is 0.0961 e. The number of nitrogens with one attached hydrogen (secondary N) is 1. The summed E-state index contributed by atoms with van der Waals surface area (Å²) in [5.74, 6) is 0. The lowest BCUT2D eigenvalue weighted by Crippen LogP contribution is -1.98. The standard InChI is InChI=1S/C15H15N3/c1-16-13-8-6-12(7-9-13)10-18-11-17-14-4-2-3-5-15(14)18/h2-9,11,16H,10H2,1H3. The van der Waals surface area contributed by atoms with Gasteiger partial charge in [0.2, 0.25) is 0 Å². The van der Waals surface area contributed by atoms with E-state index in [0.29, 0.717) is 0 Å². The maximum absolute atomic E-state index is 4.40. The lowest BCUT2D eigenvalue weighted by Gasteiger charge is -2.06. The summed E-state index contributed by atoms with van der Waals surface area (Å²) in [4.78, 5) is 4.40. The lowest BCUT2D eigenvalue weighted by atomic mass is 10.2. The molecule has 0 atom stereocenters. The van der Waals surface area contributed by atoms with E-state index in [1.165, 1.54) is 11.1 Å². The number of hydrogen-bond acceptors (Lipinski definition) is 2. The molecule has 3 rings (SSSR count). The van der Waals surface area contributed by atoms with Gasteiger partial charge in [0, 0.05) is 19.3 Å². The van der Waals surface area contributed by atoms with Gasteiger partial charge in [-0.15, -0.1) is 0 Å². The number of fused-ring (bicyclic) bond motifs is 1. The summed E-state index contributed by atoms with van der Waals surface area (Å²) in [7, 11) is 1.93. The number of imidazole rings is 1. The van der Waals surface area contributed by atoms with Gasteiger partial charge in [-0.3, -0.25) is 0 Å². The summed E-state index contributed by atoms with van der Waals surface area (Å²) in [6, 6.07) is 16.7. The highest BCUT2D eigenvalue weighted by Gasteiger charge is 2.02. The lowest BCUT2D eigenvalue weighted by molar-refractivity contribution is 0.824. The van der Waals surface area contributed by atoms with Crippen molar-refractivity contribution in [3.63, 3.8) is 0 Å². The minimum atomic E-state index is 0.852. The summed E-state index contributed by atoms with van der Waals surface area (Å²) in [5.41, 5.74) is 4.63. The SMILES string of the molecule is CNc1ccc(Cn2cnc3ccccc32)cc1. The van der Waals surface area contributed by atoms with Crippen LogP contribution in [0.3, 0.4) is 0 Å². The molecule has 1 N–H and O–H groups in total. The average molecular weight is 237 g/mol. The van der Waals surface area contributed by atoms with Crippen molar-refractivity contribution in [2.45, 2.75) is 6.54 Å². The Morgan fingerprint density at radius 3 is 2.61 bits per heavy atom. The number of nitrogens with zero attached hydrogens (tertiary/aromatic N) is 2. The maximum atomic E-state index is 4.40. The Hall–Kier alpha value is -2.29. The predicted octanol–water partition coefficient (Wildman–Crippen LogP) is 3.13. The van der Waals surface area contributed by atoms with Gasteiger partial charge in [-0.2, -0.15) is 0 Å². The highest BCUT2D eigenvalue weighted by Crippen LogP contribution is 2.15. The Morgan fingerprint density at radius 1 is 1.06 bits per heavy atom. The van der Waals surface area contributed by atoms with E-state index in [0.717, 1.165) is 17.7 Å². The van der Waals surface area contributed by atoms with Crippen LogP contribution in [-0.2, 0) is 6.54 Å². The second-order valence-corrected chi connectivity index (χ2v) is 4.31. The van der Waals surface area contributed by atoms with Crippen molar-refractivity contribution in [1.29, 1.82) is 0 Å². The largest absolute Gasteiger partial charge is 0.388 e. The van der Waals surface area contributed by atoms with Crippen molar-refractivity contribution in [1.82, 2.24) is 9.55 Å². The van der Waals surface area contributed by atoms with Gasteiger partial charge in [0.05, 0.1) is 17.4 Å². The van der Waals surface area contributed by atoms with E-state index in [1.807, 2.05) is 31.6 Å². The zero-order valence-electron chi connectivity index (χ0n) is 10.3.